The Kier molecular flexibility index (Phi) is 6.71. The fraction of sp³-hybridized carbons (Fsp3) is 0.250. The number of hydrogen-bond acceptors (Lipinski definition) is 5. The lowest BCUT2D eigenvalue weighted by Gasteiger charge is -2.20. The first-order valence-corrected chi connectivity index (χ1v) is 11.0. The van der Waals surface area contributed by atoms with Crippen LogP contribution < -0.4 is 20.5 Å². The summed E-state index contributed by atoms with van der Waals surface area (Å²) in [5.74, 6) is -0.0549. The zero-order valence-electron chi connectivity index (χ0n) is 18.5. The van der Waals surface area contributed by atoms with Gasteiger partial charge in [0.2, 0.25) is 6.04 Å². The average molecular weight is 500 g/mol. The van der Waals surface area contributed by atoms with Gasteiger partial charge in [-0.25, -0.2) is 11.6 Å². The molecule has 35 heavy (non-hydrogen) atoms. The maximum Gasteiger partial charge on any atom is 0.487 e. The van der Waals surface area contributed by atoms with Gasteiger partial charge in [-0.3, -0.25) is 9.59 Å². The predicted molar refractivity (Wildman–Crippen MR) is 128 cm³/mol. The highest BCUT2D eigenvalue weighted by molar-refractivity contribution is 6.20. The lowest BCUT2D eigenvalue weighted by molar-refractivity contribution is -0.0964. The molecule has 1 N–H and O–H groups in total. The summed E-state index contributed by atoms with van der Waals surface area (Å²) in [4.78, 5) is 35.3. The van der Waals surface area contributed by atoms with Crippen LogP contribution in [-0.2, 0) is 7.05 Å². The summed E-state index contributed by atoms with van der Waals surface area (Å²) in [7, 11) is 1.64. The molecule has 3 aromatic rings. The zero-order valence-corrected chi connectivity index (χ0v) is 19.3. The quantitative estimate of drug-likeness (QED) is 0.402. The Labute approximate surface area is 204 Å². The minimum atomic E-state index is -3.84. The Morgan fingerprint density at radius 3 is 2.66 bits per heavy atom. The number of aromatic nitrogens is 2. The molecular formula is C24H20ClF2N5O3. The molecule has 0 radical (unpaired) electrons. The number of anilines is 2. The van der Waals surface area contributed by atoms with Gasteiger partial charge in [0.05, 0.1) is 12.1 Å². The van der Waals surface area contributed by atoms with E-state index in [0.717, 1.165) is 0 Å². The van der Waals surface area contributed by atoms with E-state index in [1.54, 1.807) is 25.4 Å². The Balaban J connectivity index is 1.63. The van der Waals surface area contributed by atoms with E-state index in [1.807, 2.05) is 4.90 Å². The molecule has 1 fully saturated rings. The highest BCUT2D eigenvalue weighted by Crippen LogP contribution is 2.32. The molecule has 0 unspecified atom stereocenters. The number of nitrogens with one attached hydrogen (secondary N) is 1. The molecule has 1 atom stereocenters. The van der Waals surface area contributed by atoms with Gasteiger partial charge in [0, 0.05) is 61.3 Å². The summed E-state index contributed by atoms with van der Waals surface area (Å²) >= 11 is 4.76. The normalized spacial score (nSPS) is 15.5. The van der Waals surface area contributed by atoms with Crippen molar-refractivity contribution < 1.29 is 18.3 Å². The predicted octanol–water partition coefficient (Wildman–Crippen LogP) is 4.37. The summed E-state index contributed by atoms with van der Waals surface area (Å²) in [6.07, 6.45) is 3.76. The van der Waals surface area contributed by atoms with Crippen molar-refractivity contribution in [2.24, 2.45) is 7.05 Å². The lowest BCUT2D eigenvalue weighted by atomic mass is 10.0. The Morgan fingerprint density at radius 2 is 2.03 bits per heavy atom. The van der Waals surface area contributed by atoms with E-state index in [-0.39, 0.29) is 22.9 Å². The van der Waals surface area contributed by atoms with Gasteiger partial charge in [-0.1, -0.05) is 0 Å². The van der Waals surface area contributed by atoms with E-state index in [0.29, 0.717) is 42.1 Å². The third-order valence-corrected chi connectivity index (χ3v) is 5.61. The summed E-state index contributed by atoms with van der Waals surface area (Å²) in [5, 5.41) is 2.68. The van der Waals surface area contributed by atoms with Crippen LogP contribution in [0.4, 0.5) is 20.3 Å². The maximum absolute atomic E-state index is 12.9. The molecule has 11 heteroatoms. The van der Waals surface area contributed by atoms with Crippen LogP contribution >= 0.6 is 11.6 Å². The van der Waals surface area contributed by atoms with Gasteiger partial charge in [-0.2, -0.15) is 0 Å². The molecular weight excluding hydrogens is 480 g/mol. The van der Waals surface area contributed by atoms with Crippen molar-refractivity contribution in [2.75, 3.05) is 23.3 Å². The number of carbonyl (C=O) groups excluding carboxylic acids is 1. The number of amides is 1. The first-order valence-electron chi connectivity index (χ1n) is 10.6. The van der Waals surface area contributed by atoms with Crippen LogP contribution in [0.15, 0.2) is 59.7 Å². The van der Waals surface area contributed by atoms with Gasteiger partial charge in [-0.05, 0) is 42.0 Å². The molecule has 180 valence electrons. The molecule has 1 aliphatic heterocycles. The third-order valence-electron chi connectivity index (χ3n) is 5.54. The summed E-state index contributed by atoms with van der Waals surface area (Å²) in [5.41, 5.74) is -2.28. The maximum atomic E-state index is 12.9. The molecule has 0 spiro atoms. The van der Waals surface area contributed by atoms with Gasteiger partial charge in [0.25, 0.3) is 11.5 Å². The SMILES string of the molecule is [C-]#[N+][C@@H]1CCN(c2ncc(C(=O)Nc3ccc(OC(F)(F)Cl)cc3)cc2-c2ccn(C)c(=O)c2)C1. The van der Waals surface area contributed by atoms with Crippen LogP contribution in [0.1, 0.15) is 16.8 Å². The van der Waals surface area contributed by atoms with E-state index in [4.69, 9.17) is 18.2 Å². The average Bonchev–Trinajstić information content (AvgIpc) is 3.30. The minimum Gasteiger partial charge on any atom is -0.420 e. The number of ether oxygens (including phenoxy) is 1. The second kappa shape index (κ2) is 9.72. The molecule has 4 rings (SSSR count). The Bertz CT molecular complexity index is 1350. The third kappa shape index (κ3) is 5.75. The molecule has 1 aliphatic rings. The van der Waals surface area contributed by atoms with Gasteiger partial charge in [-0.15, -0.1) is 8.78 Å². The highest BCUT2D eigenvalue weighted by atomic mass is 35.5. The Morgan fingerprint density at radius 1 is 1.29 bits per heavy atom. The largest absolute Gasteiger partial charge is 0.487 e. The fourth-order valence-electron chi connectivity index (χ4n) is 3.74. The van der Waals surface area contributed by atoms with Crippen molar-refractivity contribution in [2.45, 2.75) is 18.0 Å². The van der Waals surface area contributed by atoms with Crippen LogP contribution in [0.3, 0.4) is 0 Å². The van der Waals surface area contributed by atoms with E-state index in [9.17, 15) is 18.4 Å². The topological polar surface area (TPSA) is 80.8 Å². The monoisotopic (exact) mass is 499 g/mol. The van der Waals surface area contributed by atoms with Crippen molar-refractivity contribution in [3.05, 3.63) is 82.2 Å². The second-order valence-corrected chi connectivity index (χ2v) is 8.44. The number of halogens is 3. The van der Waals surface area contributed by atoms with Crippen molar-refractivity contribution >= 4 is 29.0 Å². The minimum absolute atomic E-state index is 0.137. The molecule has 8 nitrogen and oxygen atoms in total. The molecule has 2 aromatic heterocycles. The number of hydrogen-bond donors (Lipinski definition) is 1. The number of nitrogens with zero attached hydrogens (tertiary/aromatic N) is 4. The summed E-state index contributed by atoms with van der Waals surface area (Å²) < 4.78 is 31.3. The van der Waals surface area contributed by atoms with E-state index < -0.39 is 11.5 Å². The lowest BCUT2D eigenvalue weighted by Crippen LogP contribution is -2.23. The molecule has 1 aromatic carbocycles. The number of aryl methyl sites for hydroxylation is 1. The second-order valence-electron chi connectivity index (χ2n) is 8.00. The number of alkyl halides is 3. The van der Waals surface area contributed by atoms with Crippen LogP contribution in [0.5, 0.6) is 5.75 Å². The van der Waals surface area contributed by atoms with E-state index in [2.05, 4.69) is 19.9 Å². The number of benzene rings is 1. The van der Waals surface area contributed by atoms with Crippen molar-refractivity contribution in [1.82, 2.24) is 9.55 Å². The van der Waals surface area contributed by atoms with E-state index in [1.165, 1.54) is 41.1 Å². The number of pyridine rings is 2. The van der Waals surface area contributed by atoms with Crippen LogP contribution in [0.25, 0.3) is 16.0 Å². The fourth-order valence-corrected chi connectivity index (χ4v) is 3.83. The molecule has 1 amide bonds. The molecule has 0 saturated carbocycles. The number of carbonyl (C=O) groups is 1. The van der Waals surface area contributed by atoms with Gasteiger partial charge < -0.3 is 24.4 Å². The molecule has 0 bridgehead atoms. The van der Waals surface area contributed by atoms with Crippen LogP contribution in [0.2, 0.25) is 0 Å². The highest BCUT2D eigenvalue weighted by Gasteiger charge is 2.30. The first-order chi connectivity index (χ1) is 16.6. The van der Waals surface area contributed by atoms with Gasteiger partial charge in [0.1, 0.15) is 11.6 Å². The summed E-state index contributed by atoms with van der Waals surface area (Å²) in [6, 6.07) is 10.0. The molecule has 3 heterocycles. The number of rotatable bonds is 6. The van der Waals surface area contributed by atoms with Crippen LogP contribution in [-0.4, -0.2) is 40.2 Å². The van der Waals surface area contributed by atoms with Gasteiger partial charge >= 0.3 is 5.57 Å². The van der Waals surface area contributed by atoms with Crippen molar-refractivity contribution in [1.29, 1.82) is 0 Å². The summed E-state index contributed by atoms with van der Waals surface area (Å²) in [6.45, 7) is 8.45. The zero-order chi connectivity index (χ0) is 25.2. The van der Waals surface area contributed by atoms with E-state index >= 15 is 0 Å². The van der Waals surface area contributed by atoms with Crippen molar-refractivity contribution in [3.8, 4) is 16.9 Å². The smallest absolute Gasteiger partial charge is 0.420 e. The van der Waals surface area contributed by atoms with Gasteiger partial charge in [0.15, 0.2) is 0 Å². The Hall–Kier alpha value is -3.97. The molecule has 1 saturated heterocycles. The van der Waals surface area contributed by atoms with Crippen LogP contribution in [0, 0.1) is 6.57 Å². The van der Waals surface area contributed by atoms with Crippen molar-refractivity contribution in [3.63, 3.8) is 0 Å². The standard InChI is InChI=1S/C24H20ClF2N5O3/c1-28-18-8-10-32(14-18)22-20(15-7-9-31(2)21(33)12-15)11-16(13-29-22)23(34)30-17-3-5-19(6-4-17)35-24(25,26)27/h3-7,9,11-13,18H,8,10,14H2,2H3,(H,30,34)/t18-/m1/s1. The molecule has 0 aliphatic carbocycles. The first kappa shape index (κ1) is 24.2.